The summed E-state index contributed by atoms with van der Waals surface area (Å²) in [6, 6.07) is 9.98. The number of benzene rings is 2. The van der Waals surface area contributed by atoms with E-state index in [1.165, 1.54) is 49.5 Å². The monoisotopic (exact) mass is 363 g/mol. The third-order valence-electron chi connectivity index (χ3n) is 3.29. The molecule has 2 rings (SSSR count). The van der Waals surface area contributed by atoms with Crippen molar-refractivity contribution < 1.29 is 19.1 Å². The number of carbonyl (C=O) groups excluding carboxylic acids is 2. The van der Waals surface area contributed by atoms with Gasteiger partial charge in [0.25, 0.3) is 5.91 Å². The molecule has 3 N–H and O–H groups in total. The molecule has 0 aliphatic rings. The number of carbonyl (C=O) groups is 2. The molecule has 0 aromatic heterocycles. The highest BCUT2D eigenvalue weighted by Crippen LogP contribution is 2.19. The van der Waals surface area contributed by atoms with Crippen LogP contribution in [0.2, 0.25) is 5.02 Å². The van der Waals surface area contributed by atoms with Crippen LogP contribution in [-0.2, 0) is 9.59 Å². The van der Waals surface area contributed by atoms with E-state index in [1.807, 2.05) is 0 Å². The number of rotatable bonds is 5. The van der Waals surface area contributed by atoms with Crippen LogP contribution in [-0.4, -0.2) is 23.1 Å². The van der Waals surface area contributed by atoms with Crippen LogP contribution in [0.15, 0.2) is 47.6 Å². The van der Waals surface area contributed by atoms with Gasteiger partial charge in [-0.1, -0.05) is 23.7 Å². The van der Waals surface area contributed by atoms with Gasteiger partial charge in [0.2, 0.25) is 5.91 Å². The fraction of sp³-hybridized carbons (Fsp3) is 0.118. The molecule has 1 atom stereocenters. The van der Waals surface area contributed by atoms with E-state index in [0.29, 0.717) is 10.6 Å². The highest BCUT2D eigenvalue weighted by molar-refractivity contribution is 6.30. The van der Waals surface area contributed by atoms with Gasteiger partial charge < -0.3 is 10.4 Å². The van der Waals surface area contributed by atoms with Crippen molar-refractivity contribution in [2.45, 2.75) is 6.92 Å². The second kappa shape index (κ2) is 8.25. The maximum Gasteiger partial charge on any atom is 0.252 e. The average Bonchev–Trinajstić information content (AvgIpc) is 2.59. The van der Waals surface area contributed by atoms with Crippen LogP contribution in [0.25, 0.3) is 0 Å². The Morgan fingerprint density at radius 3 is 2.68 bits per heavy atom. The molecule has 0 bridgehead atoms. The Morgan fingerprint density at radius 2 is 1.96 bits per heavy atom. The number of anilines is 1. The zero-order chi connectivity index (χ0) is 18.4. The van der Waals surface area contributed by atoms with E-state index < -0.39 is 23.5 Å². The Bertz CT molecular complexity index is 827. The number of nitrogens with one attached hydrogen (secondary N) is 2. The number of aromatic hydroxyl groups is 1. The number of hydrazone groups is 1. The largest absolute Gasteiger partial charge is 0.507 e. The fourth-order valence-electron chi connectivity index (χ4n) is 1.81. The number of hydrogen-bond acceptors (Lipinski definition) is 4. The summed E-state index contributed by atoms with van der Waals surface area (Å²) in [7, 11) is 0. The molecule has 25 heavy (non-hydrogen) atoms. The molecule has 0 aliphatic heterocycles. The van der Waals surface area contributed by atoms with Crippen LogP contribution in [0.3, 0.4) is 0 Å². The Kier molecular flexibility index (Phi) is 6.08. The second-order valence-corrected chi connectivity index (χ2v) is 5.56. The highest BCUT2D eigenvalue weighted by Gasteiger charge is 2.22. The van der Waals surface area contributed by atoms with Gasteiger partial charge in [-0.3, -0.25) is 9.59 Å². The molecule has 0 aliphatic carbocycles. The predicted molar refractivity (Wildman–Crippen MR) is 93.0 cm³/mol. The van der Waals surface area contributed by atoms with Crippen LogP contribution in [0.4, 0.5) is 10.1 Å². The molecule has 2 aromatic rings. The topological polar surface area (TPSA) is 90.8 Å². The number of hydrogen-bond donors (Lipinski definition) is 3. The van der Waals surface area contributed by atoms with Crippen molar-refractivity contribution in [1.29, 1.82) is 0 Å². The molecule has 2 aromatic carbocycles. The molecular formula is C17H15ClFN3O3. The first-order valence-electron chi connectivity index (χ1n) is 7.25. The molecule has 0 radical (unpaired) electrons. The lowest BCUT2D eigenvalue weighted by molar-refractivity contribution is -0.131. The van der Waals surface area contributed by atoms with Crippen molar-refractivity contribution in [3.05, 3.63) is 58.9 Å². The Morgan fingerprint density at radius 1 is 1.24 bits per heavy atom. The van der Waals surface area contributed by atoms with Gasteiger partial charge in [-0.25, -0.2) is 9.82 Å². The van der Waals surface area contributed by atoms with Crippen molar-refractivity contribution in [3.63, 3.8) is 0 Å². The standard InChI is InChI=1S/C17H15ClFN3O3/c1-10(16(24)21-14-5-3-2-4-13(14)19)17(25)22-20-9-11-8-12(18)6-7-15(11)23/h2-10,23H,1H3,(H,21,24)(H,22,25)/b20-9+. The van der Waals surface area contributed by atoms with Gasteiger partial charge in [-0.05, 0) is 37.3 Å². The van der Waals surface area contributed by atoms with Crippen molar-refractivity contribution in [2.24, 2.45) is 11.0 Å². The maximum absolute atomic E-state index is 13.5. The SMILES string of the molecule is CC(C(=O)N/N=C/c1cc(Cl)ccc1O)C(=O)Nc1ccccc1F. The predicted octanol–water partition coefficient (Wildman–Crippen LogP) is 2.91. The number of halogens is 2. The average molecular weight is 364 g/mol. The summed E-state index contributed by atoms with van der Waals surface area (Å²) < 4.78 is 13.5. The molecule has 0 spiro atoms. The van der Waals surface area contributed by atoms with Crippen molar-refractivity contribution in [3.8, 4) is 5.75 Å². The highest BCUT2D eigenvalue weighted by atomic mass is 35.5. The summed E-state index contributed by atoms with van der Waals surface area (Å²) in [5, 5.41) is 16.0. The Balaban J connectivity index is 1.95. The van der Waals surface area contributed by atoms with E-state index in [0.717, 1.165) is 0 Å². The van der Waals surface area contributed by atoms with Gasteiger partial charge in [0.1, 0.15) is 17.5 Å². The van der Waals surface area contributed by atoms with Crippen molar-refractivity contribution in [1.82, 2.24) is 5.43 Å². The number of phenolic OH excluding ortho intramolecular Hbond substituents is 1. The first kappa shape index (κ1) is 18.4. The minimum atomic E-state index is -1.11. The summed E-state index contributed by atoms with van der Waals surface area (Å²) in [4.78, 5) is 23.9. The number of phenols is 1. The quantitative estimate of drug-likeness (QED) is 0.433. The molecule has 0 saturated carbocycles. The van der Waals surface area contributed by atoms with Crippen LogP contribution in [0.1, 0.15) is 12.5 Å². The van der Waals surface area contributed by atoms with Gasteiger partial charge in [-0.2, -0.15) is 5.10 Å². The van der Waals surface area contributed by atoms with E-state index in [-0.39, 0.29) is 11.4 Å². The van der Waals surface area contributed by atoms with E-state index in [2.05, 4.69) is 15.8 Å². The van der Waals surface area contributed by atoms with E-state index >= 15 is 0 Å². The Hall–Kier alpha value is -2.93. The summed E-state index contributed by atoms with van der Waals surface area (Å²) in [6.07, 6.45) is 1.20. The van der Waals surface area contributed by atoms with Crippen LogP contribution >= 0.6 is 11.6 Å². The van der Waals surface area contributed by atoms with E-state index in [9.17, 15) is 19.1 Å². The lowest BCUT2D eigenvalue weighted by atomic mass is 10.1. The maximum atomic E-state index is 13.5. The fourth-order valence-corrected chi connectivity index (χ4v) is 1.99. The van der Waals surface area contributed by atoms with Gasteiger partial charge >= 0.3 is 0 Å². The molecule has 0 heterocycles. The smallest absolute Gasteiger partial charge is 0.252 e. The number of para-hydroxylation sites is 1. The molecular weight excluding hydrogens is 349 g/mol. The van der Waals surface area contributed by atoms with Gasteiger partial charge in [-0.15, -0.1) is 0 Å². The molecule has 2 amide bonds. The van der Waals surface area contributed by atoms with Crippen molar-refractivity contribution in [2.75, 3.05) is 5.32 Å². The molecule has 0 saturated heterocycles. The van der Waals surface area contributed by atoms with Gasteiger partial charge in [0.05, 0.1) is 11.9 Å². The summed E-state index contributed by atoms with van der Waals surface area (Å²) >= 11 is 5.80. The first-order valence-corrected chi connectivity index (χ1v) is 7.63. The van der Waals surface area contributed by atoms with Crippen molar-refractivity contribution >= 4 is 35.3 Å². The van der Waals surface area contributed by atoms with Gasteiger partial charge in [0.15, 0.2) is 0 Å². The minimum absolute atomic E-state index is 0.0144. The van der Waals surface area contributed by atoms with Crippen LogP contribution < -0.4 is 10.7 Å². The van der Waals surface area contributed by atoms with Gasteiger partial charge in [0, 0.05) is 10.6 Å². The normalized spacial score (nSPS) is 12.0. The summed E-state index contributed by atoms with van der Waals surface area (Å²) in [5.41, 5.74) is 2.47. The lowest BCUT2D eigenvalue weighted by Gasteiger charge is -2.11. The van der Waals surface area contributed by atoms with E-state index in [1.54, 1.807) is 6.07 Å². The van der Waals surface area contributed by atoms with Crippen LogP contribution in [0, 0.1) is 11.7 Å². The zero-order valence-electron chi connectivity index (χ0n) is 13.2. The summed E-state index contributed by atoms with van der Waals surface area (Å²) in [5.74, 6) is -3.13. The number of amides is 2. The molecule has 8 heteroatoms. The number of nitrogens with zero attached hydrogens (tertiary/aromatic N) is 1. The molecule has 1 unspecified atom stereocenters. The third kappa shape index (κ3) is 5.02. The summed E-state index contributed by atoms with van der Waals surface area (Å²) in [6.45, 7) is 1.36. The second-order valence-electron chi connectivity index (χ2n) is 5.13. The van der Waals surface area contributed by atoms with Crippen LogP contribution in [0.5, 0.6) is 5.75 Å². The minimum Gasteiger partial charge on any atom is -0.507 e. The molecule has 6 nitrogen and oxygen atoms in total. The third-order valence-corrected chi connectivity index (χ3v) is 3.52. The molecule has 0 fully saturated rings. The van der Waals surface area contributed by atoms with E-state index in [4.69, 9.17) is 11.6 Å². The first-order chi connectivity index (χ1) is 11.9. The molecule has 130 valence electrons. The Labute approximate surface area is 148 Å². The zero-order valence-corrected chi connectivity index (χ0v) is 13.9. The lowest BCUT2D eigenvalue weighted by Crippen LogP contribution is -2.34.